The molecular formula is C11H22. The third kappa shape index (κ3) is 1.98. The molecule has 0 saturated heterocycles. The molecule has 1 rings (SSSR count). The van der Waals surface area contributed by atoms with Crippen molar-refractivity contribution < 1.29 is 0 Å². The molecule has 1 saturated carbocycles. The summed E-state index contributed by atoms with van der Waals surface area (Å²) in [5.74, 6) is 2.88. The van der Waals surface area contributed by atoms with Crippen LogP contribution in [-0.4, -0.2) is 0 Å². The first-order valence-corrected chi connectivity index (χ1v) is 4.91. The van der Waals surface area contributed by atoms with Crippen molar-refractivity contribution >= 4 is 0 Å². The van der Waals surface area contributed by atoms with Crippen molar-refractivity contribution in [1.82, 2.24) is 0 Å². The molecule has 0 spiro atoms. The Hall–Kier alpha value is 0. The molecule has 0 bridgehead atoms. The molecule has 11 heavy (non-hydrogen) atoms. The lowest BCUT2D eigenvalue weighted by molar-refractivity contribution is 0.238. The summed E-state index contributed by atoms with van der Waals surface area (Å²) < 4.78 is 0. The maximum atomic E-state index is 2.40. The van der Waals surface area contributed by atoms with Crippen LogP contribution >= 0.6 is 0 Å². The Morgan fingerprint density at radius 2 is 1.27 bits per heavy atom. The lowest BCUT2D eigenvalue weighted by Crippen LogP contribution is -2.17. The fourth-order valence-corrected chi connectivity index (χ4v) is 2.17. The summed E-state index contributed by atoms with van der Waals surface area (Å²) in [6, 6.07) is 0. The van der Waals surface area contributed by atoms with E-state index in [1.165, 1.54) is 12.8 Å². The zero-order valence-electron chi connectivity index (χ0n) is 8.65. The molecule has 2 unspecified atom stereocenters. The summed E-state index contributed by atoms with van der Waals surface area (Å²) in [4.78, 5) is 0. The van der Waals surface area contributed by atoms with Crippen LogP contribution in [0.5, 0.6) is 0 Å². The van der Waals surface area contributed by atoms with Gasteiger partial charge in [0.2, 0.25) is 0 Å². The molecule has 0 heterocycles. The molecular weight excluding hydrogens is 132 g/mol. The van der Waals surface area contributed by atoms with Crippen LogP contribution in [0.25, 0.3) is 0 Å². The Labute approximate surface area is 71.4 Å². The summed E-state index contributed by atoms with van der Waals surface area (Å²) >= 11 is 0. The van der Waals surface area contributed by atoms with Crippen LogP contribution in [0, 0.1) is 23.2 Å². The lowest BCUT2D eigenvalue weighted by Gasteiger charge is -2.26. The average molecular weight is 154 g/mol. The molecule has 0 heteroatoms. The molecule has 1 aliphatic rings. The minimum Gasteiger partial charge on any atom is -0.0622 e. The van der Waals surface area contributed by atoms with Gasteiger partial charge in [0.1, 0.15) is 0 Å². The van der Waals surface area contributed by atoms with Crippen LogP contribution in [0.4, 0.5) is 0 Å². The summed E-state index contributed by atoms with van der Waals surface area (Å²) in [6.07, 6.45) is 2.90. The van der Waals surface area contributed by atoms with Gasteiger partial charge in [-0.15, -0.1) is 0 Å². The van der Waals surface area contributed by atoms with E-state index < -0.39 is 0 Å². The van der Waals surface area contributed by atoms with Crippen LogP contribution in [0.1, 0.15) is 47.5 Å². The SMILES string of the molecule is CC1CC(C(C)(C)C)CC1C. The van der Waals surface area contributed by atoms with Crippen molar-refractivity contribution in [2.24, 2.45) is 23.2 Å². The predicted octanol–water partition coefficient (Wildman–Crippen LogP) is 3.71. The van der Waals surface area contributed by atoms with Crippen LogP contribution in [0.3, 0.4) is 0 Å². The molecule has 1 aliphatic carbocycles. The first-order valence-electron chi connectivity index (χ1n) is 4.91. The van der Waals surface area contributed by atoms with Crippen molar-refractivity contribution in [1.29, 1.82) is 0 Å². The molecule has 0 aromatic rings. The van der Waals surface area contributed by atoms with Gasteiger partial charge in [0.25, 0.3) is 0 Å². The number of hydrogen-bond acceptors (Lipinski definition) is 0. The topological polar surface area (TPSA) is 0 Å². The predicted molar refractivity (Wildman–Crippen MR) is 50.5 cm³/mol. The van der Waals surface area contributed by atoms with Crippen LogP contribution in [-0.2, 0) is 0 Å². The molecule has 2 atom stereocenters. The highest BCUT2D eigenvalue weighted by Crippen LogP contribution is 2.44. The molecule has 0 N–H and O–H groups in total. The van der Waals surface area contributed by atoms with Gasteiger partial charge in [0.05, 0.1) is 0 Å². The Balaban J connectivity index is 2.54. The second kappa shape index (κ2) is 2.80. The summed E-state index contributed by atoms with van der Waals surface area (Å²) in [5.41, 5.74) is 0.541. The van der Waals surface area contributed by atoms with E-state index in [9.17, 15) is 0 Å². The number of hydrogen-bond donors (Lipinski definition) is 0. The lowest BCUT2D eigenvalue weighted by atomic mass is 9.79. The second-order valence-corrected chi connectivity index (χ2v) is 5.49. The zero-order valence-corrected chi connectivity index (χ0v) is 8.65. The van der Waals surface area contributed by atoms with E-state index in [0.29, 0.717) is 5.41 Å². The number of rotatable bonds is 0. The first-order chi connectivity index (χ1) is 4.91. The molecule has 0 amide bonds. The van der Waals surface area contributed by atoms with E-state index in [1.807, 2.05) is 0 Å². The van der Waals surface area contributed by atoms with Gasteiger partial charge in [0, 0.05) is 0 Å². The van der Waals surface area contributed by atoms with Gasteiger partial charge >= 0.3 is 0 Å². The van der Waals surface area contributed by atoms with Crippen LogP contribution in [0.15, 0.2) is 0 Å². The molecule has 0 nitrogen and oxygen atoms in total. The van der Waals surface area contributed by atoms with E-state index in [2.05, 4.69) is 34.6 Å². The van der Waals surface area contributed by atoms with Gasteiger partial charge in [-0.2, -0.15) is 0 Å². The average Bonchev–Trinajstić information content (AvgIpc) is 2.11. The van der Waals surface area contributed by atoms with Crippen LogP contribution in [0.2, 0.25) is 0 Å². The Bertz CT molecular complexity index is 119. The molecule has 0 aromatic heterocycles. The van der Waals surface area contributed by atoms with Crippen molar-refractivity contribution in [2.75, 3.05) is 0 Å². The monoisotopic (exact) mass is 154 g/mol. The van der Waals surface area contributed by atoms with Gasteiger partial charge in [-0.1, -0.05) is 34.6 Å². The first kappa shape index (κ1) is 9.09. The van der Waals surface area contributed by atoms with Gasteiger partial charge in [-0.3, -0.25) is 0 Å². The molecule has 1 fully saturated rings. The van der Waals surface area contributed by atoms with E-state index in [-0.39, 0.29) is 0 Å². The summed E-state index contributed by atoms with van der Waals surface area (Å²) in [5, 5.41) is 0. The van der Waals surface area contributed by atoms with Gasteiger partial charge in [-0.25, -0.2) is 0 Å². The van der Waals surface area contributed by atoms with Crippen molar-refractivity contribution in [3.05, 3.63) is 0 Å². The van der Waals surface area contributed by atoms with Crippen LogP contribution < -0.4 is 0 Å². The van der Waals surface area contributed by atoms with Crippen molar-refractivity contribution in [2.45, 2.75) is 47.5 Å². The molecule has 0 aliphatic heterocycles. The Morgan fingerprint density at radius 1 is 0.909 bits per heavy atom. The minimum absolute atomic E-state index is 0.541. The third-order valence-electron chi connectivity index (χ3n) is 3.51. The van der Waals surface area contributed by atoms with Gasteiger partial charge < -0.3 is 0 Å². The summed E-state index contributed by atoms with van der Waals surface area (Å²) in [7, 11) is 0. The maximum absolute atomic E-state index is 2.40. The highest BCUT2D eigenvalue weighted by molar-refractivity contribution is 4.85. The quantitative estimate of drug-likeness (QED) is 0.499. The fraction of sp³-hybridized carbons (Fsp3) is 1.00. The molecule has 0 aromatic carbocycles. The van der Waals surface area contributed by atoms with Gasteiger partial charge in [0.15, 0.2) is 0 Å². The normalized spacial score (nSPS) is 39.5. The van der Waals surface area contributed by atoms with Crippen molar-refractivity contribution in [3.8, 4) is 0 Å². The standard InChI is InChI=1S/C11H22/c1-8-6-10(7-9(8)2)11(3,4)5/h8-10H,6-7H2,1-5H3. The maximum Gasteiger partial charge on any atom is -0.0354 e. The van der Waals surface area contributed by atoms with E-state index in [0.717, 1.165) is 17.8 Å². The largest absolute Gasteiger partial charge is 0.0622 e. The van der Waals surface area contributed by atoms with E-state index >= 15 is 0 Å². The van der Waals surface area contributed by atoms with Crippen molar-refractivity contribution in [3.63, 3.8) is 0 Å². The van der Waals surface area contributed by atoms with Gasteiger partial charge in [-0.05, 0) is 36.0 Å². The second-order valence-electron chi connectivity index (χ2n) is 5.49. The fourth-order valence-electron chi connectivity index (χ4n) is 2.17. The Morgan fingerprint density at radius 3 is 1.45 bits per heavy atom. The zero-order chi connectivity index (χ0) is 8.65. The third-order valence-corrected chi connectivity index (χ3v) is 3.51. The van der Waals surface area contributed by atoms with E-state index in [4.69, 9.17) is 0 Å². The minimum atomic E-state index is 0.541. The highest BCUT2D eigenvalue weighted by atomic mass is 14.4. The highest BCUT2D eigenvalue weighted by Gasteiger charge is 2.34. The Kier molecular flexibility index (Phi) is 2.32. The summed E-state index contributed by atoms with van der Waals surface area (Å²) in [6.45, 7) is 11.9. The molecule has 66 valence electrons. The molecule has 0 radical (unpaired) electrons. The smallest absolute Gasteiger partial charge is 0.0354 e. The van der Waals surface area contributed by atoms with E-state index in [1.54, 1.807) is 0 Å².